The topological polar surface area (TPSA) is 41.3 Å². The molecular weight excluding hydrogens is 154 g/mol. The molecule has 0 aromatic carbocycles. The summed E-state index contributed by atoms with van der Waals surface area (Å²) < 4.78 is 1.53. The maximum absolute atomic E-state index is 5.23. The van der Waals surface area contributed by atoms with Crippen LogP contribution in [0.3, 0.4) is 0 Å². The number of thiol groups is 2. The van der Waals surface area contributed by atoms with E-state index in [0.29, 0.717) is 6.54 Å². The van der Waals surface area contributed by atoms with Crippen molar-refractivity contribution in [2.45, 2.75) is 0 Å². The van der Waals surface area contributed by atoms with Crippen molar-refractivity contribution in [2.75, 3.05) is 26.2 Å². The highest BCUT2D eigenvalue weighted by Gasteiger charge is 1.88. The predicted molar refractivity (Wildman–Crippen MR) is 46.6 cm³/mol. The van der Waals surface area contributed by atoms with Gasteiger partial charge in [-0.05, 0) is 0 Å². The summed E-state index contributed by atoms with van der Waals surface area (Å²) in [5, 5.41) is 3.10. The number of rotatable bonds is 5. The van der Waals surface area contributed by atoms with Crippen molar-refractivity contribution in [3.8, 4) is 0 Å². The van der Waals surface area contributed by atoms with E-state index in [1.807, 2.05) is 0 Å². The summed E-state index contributed by atoms with van der Waals surface area (Å²) in [4.78, 5) is 0. The Morgan fingerprint density at radius 3 is 2.44 bits per heavy atom. The molecule has 0 fully saturated rings. The van der Waals surface area contributed by atoms with E-state index in [0.717, 1.165) is 19.6 Å². The molecule has 0 saturated heterocycles. The standard InChI is InChI=1S/C4H13N3S2/c5-1-2-6-3-4-7(8)9/h6,8-9H,1-5H2. The molecule has 0 aromatic rings. The van der Waals surface area contributed by atoms with E-state index in [9.17, 15) is 0 Å². The summed E-state index contributed by atoms with van der Waals surface area (Å²) in [7, 11) is 0. The molecule has 0 radical (unpaired) electrons. The lowest BCUT2D eigenvalue weighted by molar-refractivity contribution is 0.630. The van der Waals surface area contributed by atoms with Crippen molar-refractivity contribution >= 4 is 25.6 Å². The maximum atomic E-state index is 5.23. The fourth-order valence-corrected chi connectivity index (χ4v) is 0.606. The van der Waals surface area contributed by atoms with Gasteiger partial charge in [0.05, 0.1) is 0 Å². The molecule has 3 N–H and O–H groups in total. The summed E-state index contributed by atoms with van der Waals surface area (Å²) >= 11 is 7.85. The lowest BCUT2D eigenvalue weighted by Gasteiger charge is -2.06. The average Bonchev–Trinajstić information content (AvgIpc) is 1.80. The number of nitrogens with zero attached hydrogens (tertiary/aromatic N) is 1. The van der Waals surface area contributed by atoms with Crippen molar-refractivity contribution in [1.29, 1.82) is 0 Å². The minimum Gasteiger partial charge on any atom is -0.329 e. The molecule has 0 unspecified atom stereocenters. The third-order valence-corrected chi connectivity index (χ3v) is 1.21. The number of hydrogen-bond acceptors (Lipinski definition) is 5. The van der Waals surface area contributed by atoms with E-state index in [1.54, 1.807) is 0 Å². The molecule has 0 rings (SSSR count). The van der Waals surface area contributed by atoms with Gasteiger partial charge in [0.2, 0.25) is 0 Å². The molecule has 9 heavy (non-hydrogen) atoms. The van der Waals surface area contributed by atoms with E-state index in [4.69, 9.17) is 5.73 Å². The zero-order chi connectivity index (χ0) is 7.11. The molecule has 0 aliphatic rings. The van der Waals surface area contributed by atoms with Crippen LogP contribution in [0.5, 0.6) is 0 Å². The lowest BCUT2D eigenvalue weighted by Crippen LogP contribution is -2.27. The Labute approximate surface area is 67.1 Å². The lowest BCUT2D eigenvalue weighted by atomic mass is 10.6. The smallest absolute Gasteiger partial charge is 0.0323 e. The third-order valence-electron chi connectivity index (χ3n) is 0.810. The first-order valence-corrected chi connectivity index (χ1v) is 3.63. The van der Waals surface area contributed by atoms with E-state index in [-0.39, 0.29) is 0 Å². The number of hydrogen-bond donors (Lipinski definition) is 4. The second-order valence-corrected chi connectivity index (χ2v) is 2.92. The van der Waals surface area contributed by atoms with Gasteiger partial charge in [0.1, 0.15) is 0 Å². The molecule has 3 nitrogen and oxygen atoms in total. The van der Waals surface area contributed by atoms with Crippen molar-refractivity contribution in [1.82, 2.24) is 9.03 Å². The summed E-state index contributed by atoms with van der Waals surface area (Å²) in [6.45, 7) is 3.23. The Balaban J connectivity index is 2.75. The molecule has 0 heterocycles. The molecule has 5 heteroatoms. The molecule has 56 valence electrons. The van der Waals surface area contributed by atoms with E-state index in [1.165, 1.54) is 3.71 Å². The summed E-state index contributed by atoms with van der Waals surface area (Å²) in [5.41, 5.74) is 5.23. The van der Waals surface area contributed by atoms with Crippen molar-refractivity contribution in [3.05, 3.63) is 0 Å². The second kappa shape index (κ2) is 6.70. The van der Waals surface area contributed by atoms with Crippen LogP contribution >= 0.6 is 25.6 Å². The van der Waals surface area contributed by atoms with E-state index >= 15 is 0 Å². The minimum absolute atomic E-state index is 0.680. The molecular formula is C4H13N3S2. The zero-order valence-corrected chi connectivity index (χ0v) is 7.04. The average molecular weight is 167 g/mol. The van der Waals surface area contributed by atoms with Crippen molar-refractivity contribution in [3.63, 3.8) is 0 Å². The first-order chi connectivity index (χ1) is 4.27. The van der Waals surface area contributed by atoms with Crippen LogP contribution in [0.25, 0.3) is 0 Å². The Hall–Kier alpha value is 0.580. The molecule has 0 bridgehead atoms. The molecule has 0 aliphatic heterocycles. The molecule has 0 aliphatic carbocycles. The van der Waals surface area contributed by atoms with E-state index in [2.05, 4.69) is 30.9 Å². The first kappa shape index (κ1) is 9.58. The Morgan fingerprint density at radius 2 is 2.00 bits per heavy atom. The predicted octanol–water partition coefficient (Wildman–Crippen LogP) is -0.474. The molecule has 0 saturated carbocycles. The van der Waals surface area contributed by atoms with Crippen molar-refractivity contribution < 1.29 is 0 Å². The van der Waals surface area contributed by atoms with Gasteiger partial charge in [-0.1, -0.05) is 25.6 Å². The molecule has 0 atom stereocenters. The van der Waals surface area contributed by atoms with Crippen LogP contribution in [-0.4, -0.2) is 29.9 Å². The first-order valence-electron chi connectivity index (χ1n) is 2.83. The van der Waals surface area contributed by atoms with Crippen LogP contribution in [0, 0.1) is 0 Å². The summed E-state index contributed by atoms with van der Waals surface area (Å²) in [5.74, 6) is 0. The van der Waals surface area contributed by atoms with Crippen molar-refractivity contribution in [2.24, 2.45) is 5.73 Å². The summed E-state index contributed by atoms with van der Waals surface area (Å²) in [6.07, 6.45) is 0. The third kappa shape index (κ3) is 8.58. The van der Waals surface area contributed by atoms with Crippen LogP contribution in [0.1, 0.15) is 0 Å². The quantitative estimate of drug-likeness (QED) is 0.330. The van der Waals surface area contributed by atoms with Crippen LogP contribution in [-0.2, 0) is 0 Å². The number of nitrogens with one attached hydrogen (secondary N) is 1. The van der Waals surface area contributed by atoms with Crippen LogP contribution in [0.4, 0.5) is 0 Å². The van der Waals surface area contributed by atoms with Crippen LogP contribution in [0.15, 0.2) is 0 Å². The van der Waals surface area contributed by atoms with Gasteiger partial charge in [-0.3, -0.25) is 0 Å². The largest absolute Gasteiger partial charge is 0.329 e. The van der Waals surface area contributed by atoms with Crippen LogP contribution < -0.4 is 11.1 Å². The normalized spacial score (nSPS) is 10.7. The monoisotopic (exact) mass is 167 g/mol. The van der Waals surface area contributed by atoms with E-state index < -0.39 is 0 Å². The molecule has 0 spiro atoms. The van der Waals surface area contributed by atoms with Gasteiger partial charge < -0.3 is 11.1 Å². The van der Waals surface area contributed by atoms with Gasteiger partial charge >= 0.3 is 0 Å². The molecule has 0 aromatic heterocycles. The van der Waals surface area contributed by atoms with Gasteiger partial charge in [0, 0.05) is 26.2 Å². The minimum atomic E-state index is 0.680. The van der Waals surface area contributed by atoms with Gasteiger partial charge in [0.15, 0.2) is 0 Å². The highest BCUT2D eigenvalue weighted by atomic mass is 32.2. The number of nitrogens with two attached hydrogens (primary N) is 1. The summed E-state index contributed by atoms with van der Waals surface area (Å²) in [6, 6.07) is 0. The zero-order valence-electron chi connectivity index (χ0n) is 5.25. The maximum Gasteiger partial charge on any atom is 0.0323 e. The fraction of sp³-hybridized carbons (Fsp3) is 1.00. The van der Waals surface area contributed by atoms with Gasteiger partial charge in [-0.2, -0.15) is 3.71 Å². The van der Waals surface area contributed by atoms with Crippen LogP contribution in [0.2, 0.25) is 0 Å². The van der Waals surface area contributed by atoms with Gasteiger partial charge in [-0.15, -0.1) is 0 Å². The Kier molecular flexibility index (Phi) is 7.13. The Bertz CT molecular complexity index is 59.8. The second-order valence-electron chi connectivity index (χ2n) is 1.63. The van der Waals surface area contributed by atoms with Gasteiger partial charge in [0.25, 0.3) is 0 Å². The molecule has 0 amide bonds. The fourth-order valence-electron chi connectivity index (χ4n) is 0.406. The SMILES string of the molecule is NCCNCCN(S)S. The highest BCUT2D eigenvalue weighted by Crippen LogP contribution is 1.92. The van der Waals surface area contributed by atoms with Gasteiger partial charge in [-0.25, -0.2) is 0 Å². The highest BCUT2D eigenvalue weighted by molar-refractivity contribution is 7.93. The Morgan fingerprint density at radius 1 is 1.33 bits per heavy atom.